The number of hydrogen-bond donors (Lipinski definition) is 2. The van der Waals surface area contributed by atoms with Crippen molar-refractivity contribution >= 4 is 12.1 Å². The van der Waals surface area contributed by atoms with E-state index in [0.717, 1.165) is 17.5 Å². The molecule has 0 unspecified atom stereocenters. The predicted molar refractivity (Wildman–Crippen MR) is 118 cm³/mol. The molecule has 0 aromatic heterocycles. The van der Waals surface area contributed by atoms with Crippen LogP contribution in [0.5, 0.6) is 0 Å². The van der Waals surface area contributed by atoms with Crippen LogP contribution in [-0.4, -0.2) is 29.3 Å². The number of alkyl carbamates (subject to hydrolysis) is 1. The van der Waals surface area contributed by atoms with Crippen molar-refractivity contribution in [1.82, 2.24) is 5.32 Å². The van der Waals surface area contributed by atoms with Crippen molar-refractivity contribution < 1.29 is 19.4 Å². The van der Waals surface area contributed by atoms with Crippen molar-refractivity contribution in [3.63, 3.8) is 0 Å². The van der Waals surface area contributed by atoms with Gasteiger partial charge < -0.3 is 15.2 Å². The summed E-state index contributed by atoms with van der Waals surface area (Å²) in [5.41, 5.74) is 3.89. The summed E-state index contributed by atoms with van der Waals surface area (Å²) in [6, 6.07) is 16.4. The summed E-state index contributed by atoms with van der Waals surface area (Å²) in [6.45, 7) is 6.47. The molecule has 1 amide bonds. The Morgan fingerprint density at radius 2 is 1.58 bits per heavy atom. The molecule has 2 bridgehead atoms. The van der Waals surface area contributed by atoms with E-state index >= 15 is 0 Å². The molecule has 0 aliphatic heterocycles. The van der Waals surface area contributed by atoms with Crippen LogP contribution in [0.4, 0.5) is 4.79 Å². The summed E-state index contributed by atoms with van der Waals surface area (Å²) >= 11 is 0. The molecule has 0 saturated heterocycles. The van der Waals surface area contributed by atoms with E-state index in [4.69, 9.17) is 4.74 Å². The van der Waals surface area contributed by atoms with Gasteiger partial charge in [-0.1, -0.05) is 62.4 Å². The maximum Gasteiger partial charge on any atom is 0.407 e. The number of carbonyl (C=O) groups excluding carboxylic acids is 1. The molecular formula is C26H29NO4. The van der Waals surface area contributed by atoms with Crippen molar-refractivity contribution in [2.45, 2.75) is 45.1 Å². The molecule has 0 heterocycles. The second-order valence-corrected chi connectivity index (χ2v) is 10.2. The molecule has 2 aromatic rings. The highest BCUT2D eigenvalue weighted by atomic mass is 16.5. The average molecular weight is 420 g/mol. The van der Waals surface area contributed by atoms with Crippen LogP contribution in [0.15, 0.2) is 48.5 Å². The molecule has 6 rings (SSSR count). The van der Waals surface area contributed by atoms with E-state index in [1.54, 1.807) is 0 Å². The second kappa shape index (κ2) is 6.84. The normalized spacial score (nSPS) is 30.0. The maximum absolute atomic E-state index is 12.9. The Kier molecular flexibility index (Phi) is 4.44. The summed E-state index contributed by atoms with van der Waals surface area (Å²) < 4.78 is 5.73. The van der Waals surface area contributed by atoms with Gasteiger partial charge in [-0.2, -0.15) is 0 Å². The lowest BCUT2D eigenvalue weighted by Crippen LogP contribution is -2.71. The third-order valence-electron chi connectivity index (χ3n) is 8.45. The Morgan fingerprint density at radius 1 is 1.00 bits per heavy atom. The topological polar surface area (TPSA) is 75.6 Å². The molecule has 3 fully saturated rings. The van der Waals surface area contributed by atoms with Gasteiger partial charge in [0.2, 0.25) is 0 Å². The molecule has 162 valence electrons. The fourth-order valence-corrected chi connectivity index (χ4v) is 6.59. The number of fused-ring (bicyclic) bond motifs is 5. The highest BCUT2D eigenvalue weighted by molar-refractivity contribution is 5.79. The first-order chi connectivity index (χ1) is 14.7. The Labute approximate surface area is 182 Å². The first kappa shape index (κ1) is 20.1. The maximum atomic E-state index is 12.9. The van der Waals surface area contributed by atoms with E-state index in [-0.39, 0.29) is 23.9 Å². The summed E-state index contributed by atoms with van der Waals surface area (Å²) in [7, 11) is 0. The summed E-state index contributed by atoms with van der Waals surface area (Å²) in [6.07, 6.45) is 1.02. The number of hydrogen-bond acceptors (Lipinski definition) is 3. The molecular weight excluding hydrogens is 390 g/mol. The van der Waals surface area contributed by atoms with Gasteiger partial charge in [0, 0.05) is 5.92 Å². The van der Waals surface area contributed by atoms with Crippen molar-refractivity contribution in [1.29, 1.82) is 0 Å². The van der Waals surface area contributed by atoms with E-state index in [0.29, 0.717) is 12.3 Å². The van der Waals surface area contributed by atoms with E-state index in [2.05, 4.69) is 43.4 Å². The third kappa shape index (κ3) is 2.89. The number of ether oxygens (including phenoxy) is 1. The summed E-state index contributed by atoms with van der Waals surface area (Å²) in [4.78, 5) is 24.9. The van der Waals surface area contributed by atoms with Crippen LogP contribution in [0.3, 0.4) is 0 Å². The number of carbonyl (C=O) groups is 2. The number of nitrogens with one attached hydrogen (secondary N) is 1. The average Bonchev–Trinajstić information content (AvgIpc) is 3.05. The van der Waals surface area contributed by atoms with Crippen molar-refractivity contribution in [2.24, 2.45) is 23.2 Å². The molecule has 0 radical (unpaired) electrons. The highest BCUT2D eigenvalue weighted by Crippen LogP contribution is 2.64. The van der Waals surface area contributed by atoms with Gasteiger partial charge in [0.1, 0.15) is 6.61 Å². The van der Waals surface area contributed by atoms with Crippen molar-refractivity contribution in [2.75, 3.05) is 6.61 Å². The predicted octanol–water partition coefficient (Wildman–Crippen LogP) is 5.05. The van der Waals surface area contributed by atoms with Gasteiger partial charge in [0.15, 0.2) is 0 Å². The Hall–Kier alpha value is -2.82. The van der Waals surface area contributed by atoms with E-state index in [1.165, 1.54) is 11.1 Å². The molecule has 0 spiro atoms. The fraction of sp³-hybridized carbons (Fsp3) is 0.462. The molecule has 4 aliphatic rings. The minimum atomic E-state index is -0.841. The second-order valence-electron chi connectivity index (χ2n) is 10.2. The number of benzene rings is 2. The van der Waals surface area contributed by atoms with Crippen LogP contribution in [-0.2, 0) is 9.53 Å². The molecule has 4 aliphatic carbocycles. The van der Waals surface area contributed by atoms with Gasteiger partial charge in [-0.05, 0) is 59.3 Å². The first-order valence-corrected chi connectivity index (χ1v) is 11.1. The molecule has 5 heteroatoms. The zero-order valence-corrected chi connectivity index (χ0v) is 18.2. The number of carboxylic acids is 1. The van der Waals surface area contributed by atoms with E-state index in [9.17, 15) is 14.7 Å². The van der Waals surface area contributed by atoms with Crippen LogP contribution in [0.25, 0.3) is 11.1 Å². The lowest BCUT2D eigenvalue weighted by atomic mass is 9.41. The molecule has 5 nitrogen and oxygen atoms in total. The standard InChI is InChI=1S/C26H29NO4/c1-25(2)15-12-21(23(28)29)26(3,22(25)13-15)27-24(30)31-14-20-18-10-6-4-8-16(18)17-9-5-7-11-19(17)20/h4-11,15,20-22H,12-14H2,1-3H3,(H,27,30)(H,28,29)/t15-,21+,22-,26-/m0/s1. The van der Waals surface area contributed by atoms with Crippen LogP contribution in [0.2, 0.25) is 0 Å². The molecule has 2 aromatic carbocycles. The Bertz CT molecular complexity index is 1020. The first-order valence-electron chi connectivity index (χ1n) is 11.1. The quantitative estimate of drug-likeness (QED) is 0.727. The number of aliphatic carboxylic acids is 1. The zero-order valence-electron chi connectivity index (χ0n) is 18.2. The zero-order chi connectivity index (χ0) is 22.0. The van der Waals surface area contributed by atoms with Crippen LogP contribution >= 0.6 is 0 Å². The van der Waals surface area contributed by atoms with Gasteiger partial charge in [-0.3, -0.25) is 4.79 Å². The lowest BCUT2D eigenvalue weighted by molar-refractivity contribution is -0.177. The van der Waals surface area contributed by atoms with Gasteiger partial charge in [0.25, 0.3) is 0 Å². The third-order valence-corrected chi connectivity index (χ3v) is 8.45. The smallest absolute Gasteiger partial charge is 0.407 e. The molecule has 3 saturated carbocycles. The monoisotopic (exact) mass is 419 g/mol. The van der Waals surface area contributed by atoms with Crippen LogP contribution in [0.1, 0.15) is 50.7 Å². The molecule has 2 N–H and O–H groups in total. The van der Waals surface area contributed by atoms with Crippen molar-refractivity contribution in [3.05, 3.63) is 59.7 Å². The lowest BCUT2D eigenvalue weighted by Gasteiger charge is -2.66. The number of carboxylic acid groups (broad SMARTS) is 1. The number of amides is 1. The SMILES string of the molecule is CC1(C)[C@H]2C[C@H](C(=O)O)[C@](C)(NC(=O)OCC3c4ccccc4-c4ccccc43)[C@H]1C2. The fourth-order valence-electron chi connectivity index (χ4n) is 6.59. The number of rotatable bonds is 4. The molecule has 31 heavy (non-hydrogen) atoms. The minimum absolute atomic E-state index is 0.0166. The summed E-state index contributed by atoms with van der Waals surface area (Å²) in [5.74, 6) is -0.926. The van der Waals surface area contributed by atoms with Crippen molar-refractivity contribution in [3.8, 4) is 11.1 Å². The van der Waals surface area contributed by atoms with Crippen LogP contribution in [0, 0.1) is 23.2 Å². The Morgan fingerprint density at radius 3 is 2.13 bits per heavy atom. The molecule has 4 atom stereocenters. The van der Waals surface area contributed by atoms with E-state index in [1.807, 2.05) is 31.2 Å². The van der Waals surface area contributed by atoms with Gasteiger partial charge in [-0.25, -0.2) is 4.79 Å². The summed E-state index contributed by atoms with van der Waals surface area (Å²) in [5, 5.41) is 12.8. The Balaban J connectivity index is 1.34. The van der Waals surface area contributed by atoms with Gasteiger partial charge >= 0.3 is 12.1 Å². The van der Waals surface area contributed by atoms with E-state index < -0.39 is 23.5 Å². The highest BCUT2D eigenvalue weighted by Gasteiger charge is 2.65. The largest absolute Gasteiger partial charge is 0.481 e. The van der Waals surface area contributed by atoms with Gasteiger partial charge in [-0.15, -0.1) is 0 Å². The van der Waals surface area contributed by atoms with Gasteiger partial charge in [0.05, 0.1) is 11.5 Å². The van der Waals surface area contributed by atoms with Crippen LogP contribution < -0.4 is 5.32 Å². The minimum Gasteiger partial charge on any atom is -0.481 e.